The summed E-state index contributed by atoms with van der Waals surface area (Å²) in [7, 11) is 2.18. The van der Waals surface area contributed by atoms with Gasteiger partial charge in [-0.1, -0.05) is 23.3 Å². The van der Waals surface area contributed by atoms with Crippen molar-refractivity contribution >= 4 is 11.6 Å². The Morgan fingerprint density at radius 2 is 2.00 bits per heavy atom. The summed E-state index contributed by atoms with van der Waals surface area (Å²) in [5.74, 6) is 0.934. The van der Waals surface area contributed by atoms with E-state index in [0.29, 0.717) is 6.04 Å². The van der Waals surface area contributed by atoms with Gasteiger partial charge in [-0.15, -0.1) is 0 Å². The lowest BCUT2D eigenvalue weighted by molar-refractivity contribution is 0.457. The van der Waals surface area contributed by atoms with Gasteiger partial charge in [0.25, 0.3) is 0 Å². The third-order valence-corrected chi connectivity index (χ3v) is 5.10. The number of nitrogens with zero attached hydrogens (tertiary/aromatic N) is 6. The number of hydrogen-bond donors (Lipinski definition) is 0. The molecule has 1 saturated heterocycles. The SMILES string of the molecule is CN(c1ccccc1)C1CCN(c2nnnn2C2(C)CC2)C1. The van der Waals surface area contributed by atoms with Crippen LogP contribution in [-0.2, 0) is 5.54 Å². The van der Waals surface area contributed by atoms with E-state index in [9.17, 15) is 0 Å². The molecule has 0 spiro atoms. The molecular formula is C16H22N6. The van der Waals surface area contributed by atoms with E-state index in [4.69, 9.17) is 0 Å². The molecule has 0 bridgehead atoms. The number of anilines is 2. The van der Waals surface area contributed by atoms with Gasteiger partial charge in [0.2, 0.25) is 5.95 Å². The molecule has 2 fully saturated rings. The van der Waals surface area contributed by atoms with Crippen LogP contribution in [0.15, 0.2) is 30.3 Å². The zero-order valence-electron chi connectivity index (χ0n) is 13.2. The van der Waals surface area contributed by atoms with Crippen molar-refractivity contribution < 1.29 is 0 Å². The molecule has 0 amide bonds. The van der Waals surface area contributed by atoms with E-state index < -0.39 is 0 Å². The minimum Gasteiger partial charge on any atom is -0.370 e. The van der Waals surface area contributed by atoms with Gasteiger partial charge in [-0.25, -0.2) is 4.68 Å². The van der Waals surface area contributed by atoms with Crippen LogP contribution in [0, 0.1) is 0 Å². The predicted octanol–water partition coefficient (Wildman–Crippen LogP) is 1.90. The van der Waals surface area contributed by atoms with Crippen molar-refractivity contribution in [2.24, 2.45) is 0 Å². The molecule has 2 aromatic rings. The van der Waals surface area contributed by atoms with Gasteiger partial charge in [0.15, 0.2) is 0 Å². The van der Waals surface area contributed by atoms with Gasteiger partial charge in [0, 0.05) is 31.9 Å². The van der Waals surface area contributed by atoms with Gasteiger partial charge < -0.3 is 9.80 Å². The minimum atomic E-state index is 0.141. The molecule has 1 atom stereocenters. The molecule has 1 aliphatic heterocycles. The highest BCUT2D eigenvalue weighted by Crippen LogP contribution is 2.44. The van der Waals surface area contributed by atoms with E-state index >= 15 is 0 Å². The zero-order valence-corrected chi connectivity index (χ0v) is 13.2. The van der Waals surface area contributed by atoms with Crippen molar-refractivity contribution in [3.8, 4) is 0 Å². The van der Waals surface area contributed by atoms with Gasteiger partial charge in [0.05, 0.1) is 5.54 Å². The summed E-state index contributed by atoms with van der Waals surface area (Å²) in [5.41, 5.74) is 1.41. The smallest absolute Gasteiger partial charge is 0.246 e. The second kappa shape index (κ2) is 4.97. The fraction of sp³-hybridized carbons (Fsp3) is 0.562. The standard InChI is InChI=1S/C16H22N6/c1-16(9-10-16)22-15(17-18-19-22)21-11-8-14(12-21)20(2)13-6-4-3-5-7-13/h3-7,14H,8-12H2,1-2H3. The molecule has 1 aromatic heterocycles. The number of aromatic nitrogens is 4. The third-order valence-electron chi connectivity index (χ3n) is 5.10. The van der Waals surface area contributed by atoms with E-state index in [2.05, 4.69) is 69.6 Å². The number of hydrogen-bond acceptors (Lipinski definition) is 5. The largest absolute Gasteiger partial charge is 0.370 e. The topological polar surface area (TPSA) is 50.1 Å². The number of para-hydroxylation sites is 1. The first-order valence-corrected chi connectivity index (χ1v) is 7.99. The first kappa shape index (κ1) is 13.5. The first-order valence-electron chi connectivity index (χ1n) is 7.99. The molecule has 1 saturated carbocycles. The highest BCUT2D eigenvalue weighted by molar-refractivity contribution is 5.48. The Morgan fingerprint density at radius 3 is 2.73 bits per heavy atom. The Morgan fingerprint density at radius 1 is 1.23 bits per heavy atom. The average molecular weight is 298 g/mol. The van der Waals surface area contributed by atoms with Crippen LogP contribution in [0.2, 0.25) is 0 Å². The summed E-state index contributed by atoms with van der Waals surface area (Å²) in [4.78, 5) is 4.70. The van der Waals surface area contributed by atoms with Crippen LogP contribution in [0.25, 0.3) is 0 Å². The molecule has 116 valence electrons. The molecule has 6 nitrogen and oxygen atoms in total. The first-order chi connectivity index (χ1) is 10.7. The molecule has 1 unspecified atom stereocenters. The molecule has 1 aliphatic carbocycles. The number of benzene rings is 1. The lowest BCUT2D eigenvalue weighted by Crippen LogP contribution is -2.35. The highest BCUT2D eigenvalue weighted by Gasteiger charge is 2.44. The second-order valence-electron chi connectivity index (χ2n) is 6.72. The molecule has 4 rings (SSSR count). The van der Waals surface area contributed by atoms with Gasteiger partial charge in [-0.3, -0.25) is 0 Å². The third kappa shape index (κ3) is 2.23. The van der Waals surface area contributed by atoms with E-state index in [1.807, 2.05) is 4.68 Å². The molecule has 2 aliphatic rings. The quantitative estimate of drug-likeness (QED) is 0.863. The van der Waals surface area contributed by atoms with E-state index in [0.717, 1.165) is 25.5 Å². The number of likely N-dealkylation sites (N-methyl/N-ethyl adjacent to an activating group) is 1. The summed E-state index contributed by atoms with van der Waals surface area (Å²) in [6, 6.07) is 11.1. The fourth-order valence-corrected chi connectivity index (χ4v) is 3.24. The number of rotatable bonds is 4. The van der Waals surface area contributed by atoms with Crippen LogP contribution < -0.4 is 9.80 Å². The Hall–Kier alpha value is -2.11. The van der Waals surface area contributed by atoms with Crippen molar-refractivity contribution in [1.82, 2.24) is 20.2 Å². The summed E-state index contributed by atoms with van der Waals surface area (Å²) < 4.78 is 2.03. The van der Waals surface area contributed by atoms with E-state index in [-0.39, 0.29) is 5.54 Å². The summed E-state index contributed by atoms with van der Waals surface area (Å²) in [6.45, 7) is 4.22. The maximum atomic E-state index is 4.28. The molecule has 6 heteroatoms. The van der Waals surface area contributed by atoms with Crippen LogP contribution in [-0.4, -0.2) is 46.4 Å². The van der Waals surface area contributed by atoms with Crippen LogP contribution in [0.4, 0.5) is 11.6 Å². The lowest BCUT2D eigenvalue weighted by Gasteiger charge is -2.27. The number of tetrazole rings is 1. The van der Waals surface area contributed by atoms with E-state index in [1.165, 1.54) is 18.5 Å². The van der Waals surface area contributed by atoms with Crippen LogP contribution in [0.1, 0.15) is 26.2 Å². The average Bonchev–Trinajstić information content (AvgIpc) is 3.01. The second-order valence-corrected chi connectivity index (χ2v) is 6.72. The Kier molecular flexibility index (Phi) is 3.06. The van der Waals surface area contributed by atoms with Crippen molar-refractivity contribution in [3.05, 3.63) is 30.3 Å². The van der Waals surface area contributed by atoms with Gasteiger partial charge >= 0.3 is 0 Å². The van der Waals surface area contributed by atoms with Crippen LogP contribution in [0.3, 0.4) is 0 Å². The maximum Gasteiger partial charge on any atom is 0.246 e. The van der Waals surface area contributed by atoms with Crippen molar-refractivity contribution in [2.75, 3.05) is 29.9 Å². The summed E-state index contributed by atoms with van der Waals surface area (Å²) in [5, 5.41) is 12.4. The Balaban J connectivity index is 1.50. The fourth-order valence-electron chi connectivity index (χ4n) is 3.24. The van der Waals surface area contributed by atoms with Crippen LogP contribution in [0.5, 0.6) is 0 Å². The maximum absolute atomic E-state index is 4.28. The zero-order chi connectivity index (χ0) is 15.2. The lowest BCUT2D eigenvalue weighted by atomic mass is 10.2. The van der Waals surface area contributed by atoms with Gasteiger partial charge in [-0.05, 0) is 48.7 Å². The molecule has 0 radical (unpaired) electrons. The highest BCUT2D eigenvalue weighted by atomic mass is 15.6. The predicted molar refractivity (Wildman–Crippen MR) is 86.2 cm³/mol. The van der Waals surface area contributed by atoms with E-state index in [1.54, 1.807) is 0 Å². The normalized spacial score (nSPS) is 22.8. The summed E-state index contributed by atoms with van der Waals surface area (Å²) in [6.07, 6.45) is 3.48. The Labute approximate surface area is 130 Å². The molecule has 1 aromatic carbocycles. The van der Waals surface area contributed by atoms with Crippen molar-refractivity contribution in [3.63, 3.8) is 0 Å². The van der Waals surface area contributed by atoms with Gasteiger partial charge in [-0.2, -0.15) is 0 Å². The molecular weight excluding hydrogens is 276 g/mol. The minimum absolute atomic E-state index is 0.141. The van der Waals surface area contributed by atoms with Crippen molar-refractivity contribution in [1.29, 1.82) is 0 Å². The molecule has 2 heterocycles. The molecule has 0 N–H and O–H groups in total. The van der Waals surface area contributed by atoms with Crippen LogP contribution >= 0.6 is 0 Å². The Bertz CT molecular complexity index is 648. The van der Waals surface area contributed by atoms with Crippen molar-refractivity contribution in [2.45, 2.75) is 37.8 Å². The molecule has 22 heavy (non-hydrogen) atoms. The van der Waals surface area contributed by atoms with Gasteiger partial charge in [0.1, 0.15) is 0 Å². The summed E-state index contributed by atoms with van der Waals surface area (Å²) >= 11 is 0. The monoisotopic (exact) mass is 298 g/mol.